The van der Waals surface area contributed by atoms with Gasteiger partial charge in [-0.2, -0.15) is 18.9 Å². The van der Waals surface area contributed by atoms with Gasteiger partial charge < -0.3 is 14.8 Å². The third-order valence-corrected chi connectivity index (χ3v) is 4.79. The molecule has 6 nitrogen and oxygen atoms in total. The Balaban J connectivity index is 1.83. The number of hydrogen-bond acceptors (Lipinski definition) is 5. The van der Waals surface area contributed by atoms with Crippen molar-refractivity contribution in [1.29, 1.82) is 0 Å². The lowest BCUT2D eigenvalue weighted by Crippen LogP contribution is -2.21. The lowest BCUT2D eigenvalue weighted by atomic mass is 10.0. The Bertz CT molecular complexity index is 1040. The molecule has 1 aromatic heterocycles. The van der Waals surface area contributed by atoms with Gasteiger partial charge >= 0.3 is 6.61 Å². The summed E-state index contributed by atoms with van der Waals surface area (Å²) in [6, 6.07) is 11.9. The lowest BCUT2D eigenvalue weighted by Gasteiger charge is -2.26. The van der Waals surface area contributed by atoms with E-state index in [1.54, 1.807) is 23.9 Å². The first-order valence-corrected chi connectivity index (χ1v) is 9.11. The molecule has 2 aromatic carbocycles. The summed E-state index contributed by atoms with van der Waals surface area (Å²) in [6.45, 7) is -2.93. The minimum Gasteiger partial charge on any atom is -0.497 e. The first kappa shape index (κ1) is 18.4. The number of nitrogens with zero attached hydrogens (tertiary/aromatic N) is 3. The number of rotatable bonds is 5. The van der Waals surface area contributed by atoms with Crippen LogP contribution in [-0.4, -0.2) is 28.5 Å². The third kappa shape index (κ3) is 3.57. The summed E-state index contributed by atoms with van der Waals surface area (Å²) in [5.41, 5.74) is 2.15. The molecule has 0 spiro atoms. The zero-order chi connectivity index (χ0) is 19.7. The first-order valence-electron chi connectivity index (χ1n) is 8.32. The monoisotopic (exact) mass is 448 g/mol. The fourth-order valence-electron chi connectivity index (χ4n) is 3.07. The molecule has 1 aliphatic rings. The summed E-state index contributed by atoms with van der Waals surface area (Å²) in [5.74, 6) is 1.27. The highest BCUT2D eigenvalue weighted by atomic mass is 79.9. The van der Waals surface area contributed by atoms with Crippen LogP contribution in [-0.2, 0) is 0 Å². The molecule has 1 aliphatic heterocycles. The highest BCUT2D eigenvalue weighted by Gasteiger charge is 2.27. The van der Waals surface area contributed by atoms with Crippen LogP contribution < -0.4 is 14.8 Å². The summed E-state index contributed by atoms with van der Waals surface area (Å²) >= 11 is 3.40. The van der Waals surface area contributed by atoms with Gasteiger partial charge in [-0.3, -0.25) is 0 Å². The van der Waals surface area contributed by atoms with E-state index in [9.17, 15) is 8.78 Å². The molecule has 3 aromatic rings. The van der Waals surface area contributed by atoms with E-state index in [0.29, 0.717) is 17.3 Å². The highest BCUT2D eigenvalue weighted by Crippen LogP contribution is 2.38. The van der Waals surface area contributed by atoms with Gasteiger partial charge in [-0.25, -0.2) is 4.68 Å². The molecule has 4 rings (SSSR count). The average Bonchev–Trinajstić information content (AvgIpc) is 3.17. The van der Waals surface area contributed by atoms with Gasteiger partial charge in [-0.1, -0.05) is 28.1 Å². The number of hydrogen-bond donors (Lipinski definition) is 1. The SMILES string of the molecule is COc1cccc(C2=C[C@H](c3cc(Br)ccc3OC(F)F)n3ncnc3N2)c1. The van der Waals surface area contributed by atoms with Gasteiger partial charge in [-0.05, 0) is 36.4 Å². The van der Waals surface area contributed by atoms with Gasteiger partial charge in [0.25, 0.3) is 0 Å². The van der Waals surface area contributed by atoms with Crippen molar-refractivity contribution in [2.75, 3.05) is 12.4 Å². The maximum absolute atomic E-state index is 12.9. The first-order chi connectivity index (χ1) is 13.5. The van der Waals surface area contributed by atoms with Crippen LogP contribution in [0.2, 0.25) is 0 Å². The lowest BCUT2D eigenvalue weighted by molar-refractivity contribution is -0.0506. The normalized spacial score (nSPS) is 15.6. The molecule has 0 radical (unpaired) electrons. The van der Waals surface area contributed by atoms with Crippen molar-refractivity contribution >= 4 is 27.6 Å². The number of nitrogens with one attached hydrogen (secondary N) is 1. The predicted octanol–water partition coefficient (Wildman–Crippen LogP) is 4.71. The van der Waals surface area contributed by atoms with Gasteiger partial charge in [0.05, 0.1) is 7.11 Å². The predicted molar refractivity (Wildman–Crippen MR) is 104 cm³/mol. The van der Waals surface area contributed by atoms with Crippen LogP contribution in [0.25, 0.3) is 5.70 Å². The number of methoxy groups -OCH3 is 1. The van der Waals surface area contributed by atoms with Gasteiger partial charge in [0.2, 0.25) is 5.95 Å². The van der Waals surface area contributed by atoms with Crippen molar-refractivity contribution in [3.63, 3.8) is 0 Å². The largest absolute Gasteiger partial charge is 0.497 e. The van der Waals surface area contributed by atoms with E-state index < -0.39 is 12.7 Å². The van der Waals surface area contributed by atoms with E-state index in [0.717, 1.165) is 15.7 Å². The van der Waals surface area contributed by atoms with Crippen LogP contribution >= 0.6 is 15.9 Å². The smallest absolute Gasteiger partial charge is 0.387 e. The molecule has 1 atom stereocenters. The third-order valence-electron chi connectivity index (χ3n) is 4.29. The Labute approximate surface area is 167 Å². The van der Waals surface area contributed by atoms with Crippen molar-refractivity contribution in [3.8, 4) is 11.5 Å². The van der Waals surface area contributed by atoms with E-state index in [2.05, 4.69) is 31.3 Å². The molecule has 0 saturated carbocycles. The Hall–Kier alpha value is -2.94. The minimum absolute atomic E-state index is 0.0767. The number of alkyl halides is 2. The quantitative estimate of drug-likeness (QED) is 0.612. The number of benzene rings is 2. The topological polar surface area (TPSA) is 61.2 Å². The van der Waals surface area contributed by atoms with Gasteiger partial charge in [-0.15, -0.1) is 0 Å². The number of anilines is 1. The van der Waals surface area contributed by atoms with Crippen LogP contribution in [0.1, 0.15) is 17.2 Å². The summed E-state index contributed by atoms with van der Waals surface area (Å²) in [6.07, 6.45) is 3.29. The molecule has 0 fully saturated rings. The summed E-state index contributed by atoms with van der Waals surface area (Å²) in [5, 5.41) is 7.46. The van der Waals surface area contributed by atoms with Crippen LogP contribution in [0.15, 0.2) is 59.3 Å². The van der Waals surface area contributed by atoms with Crippen molar-refractivity contribution < 1.29 is 18.3 Å². The summed E-state index contributed by atoms with van der Waals surface area (Å²) in [4.78, 5) is 4.23. The summed E-state index contributed by atoms with van der Waals surface area (Å²) < 4.78 is 38.2. The van der Waals surface area contributed by atoms with Crippen molar-refractivity contribution in [3.05, 3.63) is 70.5 Å². The second-order valence-electron chi connectivity index (χ2n) is 5.97. The summed E-state index contributed by atoms with van der Waals surface area (Å²) in [7, 11) is 1.59. The molecular formula is C19H15BrF2N4O2. The molecule has 2 heterocycles. The van der Waals surface area contributed by atoms with E-state index in [4.69, 9.17) is 9.47 Å². The average molecular weight is 449 g/mol. The molecule has 9 heteroatoms. The van der Waals surface area contributed by atoms with Gasteiger partial charge in [0, 0.05) is 21.3 Å². The van der Waals surface area contributed by atoms with Crippen molar-refractivity contribution in [2.24, 2.45) is 0 Å². The van der Waals surface area contributed by atoms with Crippen LogP contribution in [0.4, 0.5) is 14.7 Å². The second kappa shape index (κ2) is 7.59. The fraction of sp³-hybridized carbons (Fsp3) is 0.158. The molecule has 144 valence electrons. The zero-order valence-corrected chi connectivity index (χ0v) is 16.2. The Morgan fingerprint density at radius 1 is 1.21 bits per heavy atom. The molecule has 0 aliphatic carbocycles. The van der Waals surface area contributed by atoms with E-state index >= 15 is 0 Å². The van der Waals surface area contributed by atoms with Gasteiger partial charge in [0.1, 0.15) is 23.9 Å². The Morgan fingerprint density at radius 3 is 2.86 bits per heavy atom. The van der Waals surface area contributed by atoms with Crippen LogP contribution in [0.5, 0.6) is 11.5 Å². The van der Waals surface area contributed by atoms with E-state index in [-0.39, 0.29) is 5.75 Å². The minimum atomic E-state index is -2.93. The maximum atomic E-state index is 12.9. The highest BCUT2D eigenvalue weighted by molar-refractivity contribution is 9.10. The van der Waals surface area contributed by atoms with E-state index in [1.165, 1.54) is 12.4 Å². The fourth-order valence-corrected chi connectivity index (χ4v) is 3.45. The van der Waals surface area contributed by atoms with Gasteiger partial charge in [0.15, 0.2) is 0 Å². The Kier molecular flexibility index (Phi) is 4.99. The number of ether oxygens (including phenoxy) is 2. The molecular weight excluding hydrogens is 434 g/mol. The standard InChI is InChI=1S/C19H15BrF2N4O2/c1-27-13-4-2-3-11(7-13)15-9-16(26-19(25-15)23-10-24-26)14-8-12(20)5-6-17(14)28-18(21)22/h2-10,16,18H,1H3,(H,23,24,25)/t16-/m1/s1. The number of fused-ring (bicyclic) bond motifs is 1. The molecule has 1 N–H and O–H groups in total. The zero-order valence-electron chi connectivity index (χ0n) is 14.6. The number of halogens is 3. The number of aromatic nitrogens is 3. The maximum Gasteiger partial charge on any atom is 0.387 e. The number of allylic oxidation sites excluding steroid dienone is 1. The molecule has 0 unspecified atom stereocenters. The second-order valence-corrected chi connectivity index (χ2v) is 6.89. The van der Waals surface area contributed by atoms with Crippen molar-refractivity contribution in [2.45, 2.75) is 12.7 Å². The molecule has 0 saturated heterocycles. The molecule has 28 heavy (non-hydrogen) atoms. The Morgan fingerprint density at radius 2 is 2.07 bits per heavy atom. The molecule has 0 bridgehead atoms. The van der Waals surface area contributed by atoms with Crippen LogP contribution in [0, 0.1) is 0 Å². The van der Waals surface area contributed by atoms with Crippen LogP contribution in [0.3, 0.4) is 0 Å². The molecule has 0 amide bonds. The van der Waals surface area contributed by atoms with Crippen molar-refractivity contribution in [1.82, 2.24) is 14.8 Å². The van der Waals surface area contributed by atoms with E-state index in [1.807, 2.05) is 30.3 Å².